The summed E-state index contributed by atoms with van der Waals surface area (Å²) in [6.45, 7) is 0.816. The van der Waals surface area contributed by atoms with Gasteiger partial charge in [0.2, 0.25) is 0 Å². The number of nitrogens with one attached hydrogen (secondary N) is 1. The maximum atomic E-state index is 12.0. The van der Waals surface area contributed by atoms with Crippen molar-refractivity contribution < 1.29 is 13.8 Å². The topological polar surface area (TPSA) is 126 Å². The van der Waals surface area contributed by atoms with Crippen LogP contribution < -0.4 is 15.8 Å². The van der Waals surface area contributed by atoms with Crippen molar-refractivity contribution in [1.82, 2.24) is 5.32 Å². The zero-order chi connectivity index (χ0) is 16.4. The summed E-state index contributed by atoms with van der Waals surface area (Å²) in [5.74, 6) is 0.656. The Kier molecular flexibility index (Phi) is 3.56. The van der Waals surface area contributed by atoms with Crippen LogP contribution in [0.4, 0.5) is 5.69 Å². The number of nitrogens with zero attached hydrogens (tertiary/aromatic N) is 3. The summed E-state index contributed by atoms with van der Waals surface area (Å²) in [6.07, 6.45) is 2.21. The Morgan fingerprint density at radius 1 is 1.48 bits per heavy atom. The smallest absolute Gasteiger partial charge is 0.356 e. The molecule has 3 rings (SSSR count). The van der Waals surface area contributed by atoms with E-state index in [0.29, 0.717) is 18.8 Å². The van der Waals surface area contributed by atoms with Crippen LogP contribution in [0, 0.1) is 21.4 Å². The molecule has 0 unspecified atom stereocenters. The number of anilines is 1. The van der Waals surface area contributed by atoms with E-state index < -0.39 is 10.5 Å². The van der Waals surface area contributed by atoms with Crippen molar-refractivity contribution in [3.05, 3.63) is 62.6 Å². The molecule has 1 aliphatic rings. The minimum absolute atomic E-state index is 0.140. The molecule has 0 amide bonds. The number of furan rings is 1. The molecule has 1 aliphatic heterocycles. The lowest BCUT2D eigenvalue weighted by molar-refractivity contribution is -0.403. The molecule has 3 heterocycles. The number of nitriles is 1. The summed E-state index contributed by atoms with van der Waals surface area (Å²) < 4.78 is 10.3. The van der Waals surface area contributed by atoms with Crippen LogP contribution in [0.1, 0.15) is 5.56 Å². The van der Waals surface area contributed by atoms with E-state index in [1.54, 1.807) is 18.2 Å². The fourth-order valence-corrected chi connectivity index (χ4v) is 2.31. The van der Waals surface area contributed by atoms with Crippen molar-refractivity contribution in [2.75, 3.05) is 18.0 Å². The van der Waals surface area contributed by atoms with Crippen LogP contribution >= 0.6 is 0 Å². The largest absolute Gasteiger partial charge is 0.461 e. The van der Waals surface area contributed by atoms with Gasteiger partial charge in [-0.1, -0.05) is 0 Å². The molecule has 9 heteroatoms. The molecule has 2 aromatic rings. The maximum Gasteiger partial charge on any atom is 0.356 e. The summed E-state index contributed by atoms with van der Waals surface area (Å²) in [5, 5.41) is 22.8. The van der Waals surface area contributed by atoms with Crippen LogP contribution in [-0.4, -0.2) is 18.0 Å². The highest BCUT2D eigenvalue weighted by molar-refractivity contribution is 5.67. The molecule has 116 valence electrons. The lowest BCUT2D eigenvalue weighted by atomic mass is 10.2. The van der Waals surface area contributed by atoms with E-state index in [1.165, 1.54) is 17.2 Å². The first-order chi connectivity index (χ1) is 11.1. The molecule has 1 N–H and O–H groups in total. The zero-order valence-electron chi connectivity index (χ0n) is 11.7. The minimum atomic E-state index is -0.830. The van der Waals surface area contributed by atoms with Gasteiger partial charge in [0.05, 0.1) is 16.9 Å². The summed E-state index contributed by atoms with van der Waals surface area (Å²) in [6, 6.07) is 6.47. The molecule has 0 aliphatic carbocycles. The molecule has 0 aromatic carbocycles. The molecule has 0 spiro atoms. The van der Waals surface area contributed by atoms with Gasteiger partial charge in [-0.25, -0.2) is 4.79 Å². The Balaban J connectivity index is 2.16. The Hall–Kier alpha value is -3.54. The first kappa shape index (κ1) is 14.4. The number of rotatable bonds is 3. The van der Waals surface area contributed by atoms with E-state index in [0.717, 1.165) is 6.20 Å². The van der Waals surface area contributed by atoms with Gasteiger partial charge < -0.3 is 19.1 Å². The molecule has 1 fully saturated rings. The number of hydrogen-bond acceptors (Lipinski definition) is 8. The van der Waals surface area contributed by atoms with Crippen LogP contribution in [0.3, 0.4) is 0 Å². The predicted octanol–water partition coefficient (Wildman–Crippen LogP) is 1.26. The molecular weight excluding hydrogens is 304 g/mol. The van der Waals surface area contributed by atoms with Crippen LogP contribution in [-0.2, 0) is 0 Å². The first-order valence-electron chi connectivity index (χ1n) is 6.59. The van der Waals surface area contributed by atoms with Gasteiger partial charge in [0.1, 0.15) is 6.07 Å². The van der Waals surface area contributed by atoms with Gasteiger partial charge in [-0.15, -0.1) is 0 Å². The Labute approximate surface area is 129 Å². The zero-order valence-corrected chi connectivity index (χ0v) is 11.7. The Morgan fingerprint density at radius 3 is 2.96 bits per heavy atom. The van der Waals surface area contributed by atoms with Crippen molar-refractivity contribution in [2.24, 2.45) is 0 Å². The van der Waals surface area contributed by atoms with Gasteiger partial charge in [0.15, 0.2) is 22.9 Å². The first-order valence-corrected chi connectivity index (χ1v) is 6.59. The van der Waals surface area contributed by atoms with Gasteiger partial charge in [-0.05, 0) is 12.1 Å². The second-order valence-electron chi connectivity index (χ2n) is 4.63. The highest BCUT2D eigenvalue weighted by Gasteiger charge is 2.26. The van der Waals surface area contributed by atoms with E-state index in [4.69, 9.17) is 8.83 Å². The van der Waals surface area contributed by atoms with Gasteiger partial charge >= 0.3 is 5.63 Å². The molecule has 0 saturated carbocycles. The molecule has 23 heavy (non-hydrogen) atoms. The van der Waals surface area contributed by atoms with E-state index in [1.807, 2.05) is 0 Å². The third-order valence-electron chi connectivity index (χ3n) is 3.26. The van der Waals surface area contributed by atoms with Crippen LogP contribution in [0.25, 0.3) is 11.5 Å². The van der Waals surface area contributed by atoms with Gasteiger partial charge in [0, 0.05) is 19.2 Å². The summed E-state index contributed by atoms with van der Waals surface area (Å²) in [4.78, 5) is 23.6. The van der Waals surface area contributed by atoms with Crippen LogP contribution in [0.2, 0.25) is 0 Å². The Morgan fingerprint density at radius 2 is 2.30 bits per heavy atom. The SMILES string of the molecule is N#Cc1c(N2CCN/C2=C\[N+](=O)[O-])cc(-c2ccco2)oc1=O. The van der Waals surface area contributed by atoms with Crippen molar-refractivity contribution >= 4 is 5.69 Å². The van der Waals surface area contributed by atoms with Crippen molar-refractivity contribution in [2.45, 2.75) is 0 Å². The molecule has 0 radical (unpaired) electrons. The fraction of sp³-hybridized carbons (Fsp3) is 0.143. The third-order valence-corrected chi connectivity index (χ3v) is 3.26. The lowest BCUT2D eigenvalue weighted by Crippen LogP contribution is -2.23. The molecular formula is C14H10N4O5. The Bertz CT molecular complexity index is 876. The van der Waals surface area contributed by atoms with Crippen molar-refractivity contribution in [3.63, 3.8) is 0 Å². The van der Waals surface area contributed by atoms with Crippen molar-refractivity contribution in [1.29, 1.82) is 5.26 Å². The molecule has 2 aromatic heterocycles. The normalized spacial score (nSPS) is 15.4. The molecule has 1 saturated heterocycles. The second kappa shape index (κ2) is 5.69. The quantitative estimate of drug-likeness (QED) is 0.662. The van der Waals surface area contributed by atoms with E-state index in [2.05, 4.69) is 5.32 Å². The summed E-state index contributed by atoms with van der Waals surface area (Å²) in [7, 11) is 0. The fourth-order valence-electron chi connectivity index (χ4n) is 2.31. The van der Waals surface area contributed by atoms with Gasteiger partial charge in [-0.2, -0.15) is 5.26 Å². The highest BCUT2D eigenvalue weighted by atomic mass is 16.6. The van der Waals surface area contributed by atoms with Crippen LogP contribution in [0.15, 0.2) is 50.1 Å². The molecule has 9 nitrogen and oxygen atoms in total. The number of nitro groups is 1. The standard InChI is InChI=1S/C14H10N4O5/c15-7-9-10(17-4-3-16-13(17)8-18(20)21)6-12(23-14(9)19)11-2-1-5-22-11/h1-2,5-6,8,16H,3-4H2/b13-8+. The van der Waals surface area contributed by atoms with E-state index in [9.17, 15) is 20.2 Å². The summed E-state index contributed by atoms with van der Waals surface area (Å²) >= 11 is 0. The second-order valence-corrected chi connectivity index (χ2v) is 4.63. The lowest BCUT2D eigenvalue weighted by Gasteiger charge is -2.18. The van der Waals surface area contributed by atoms with Crippen LogP contribution in [0.5, 0.6) is 0 Å². The predicted molar refractivity (Wildman–Crippen MR) is 77.8 cm³/mol. The van der Waals surface area contributed by atoms with E-state index in [-0.39, 0.29) is 22.8 Å². The van der Waals surface area contributed by atoms with E-state index >= 15 is 0 Å². The monoisotopic (exact) mass is 314 g/mol. The van der Waals surface area contributed by atoms with Gasteiger partial charge in [0.25, 0.3) is 6.20 Å². The molecule has 0 bridgehead atoms. The average molecular weight is 314 g/mol. The van der Waals surface area contributed by atoms with Crippen molar-refractivity contribution in [3.8, 4) is 17.6 Å². The number of hydrogen-bond donors (Lipinski definition) is 1. The van der Waals surface area contributed by atoms with Gasteiger partial charge in [-0.3, -0.25) is 10.1 Å². The average Bonchev–Trinajstić information content (AvgIpc) is 3.17. The highest BCUT2D eigenvalue weighted by Crippen LogP contribution is 2.28. The minimum Gasteiger partial charge on any atom is -0.461 e. The maximum absolute atomic E-state index is 12.0. The summed E-state index contributed by atoms with van der Waals surface area (Å²) in [5.41, 5.74) is -0.824. The molecule has 0 atom stereocenters. The third kappa shape index (κ3) is 2.65.